The van der Waals surface area contributed by atoms with Gasteiger partial charge in [-0.15, -0.1) is 0 Å². The number of pyridine rings is 1. The third-order valence-corrected chi connectivity index (χ3v) is 7.56. The second kappa shape index (κ2) is 9.51. The van der Waals surface area contributed by atoms with Crippen molar-refractivity contribution in [2.24, 2.45) is 0 Å². The zero-order valence-corrected chi connectivity index (χ0v) is 19.1. The van der Waals surface area contributed by atoms with Crippen LogP contribution in [0, 0.1) is 10.1 Å². The summed E-state index contributed by atoms with van der Waals surface area (Å²) in [6, 6.07) is 7.93. The number of carboxylic acid groups (broad SMARTS) is 1. The van der Waals surface area contributed by atoms with Crippen LogP contribution in [0.3, 0.4) is 0 Å². The number of hydrogen-bond acceptors (Lipinski definition) is 5. The predicted octanol–water partition coefficient (Wildman–Crippen LogP) is 3.69. The summed E-state index contributed by atoms with van der Waals surface area (Å²) in [5, 5.41) is 22.2. The molecule has 3 aromatic rings. The van der Waals surface area contributed by atoms with E-state index in [0.717, 1.165) is 16.1 Å². The van der Waals surface area contributed by atoms with Crippen molar-refractivity contribution >= 4 is 60.9 Å². The third kappa shape index (κ3) is 4.95. The average molecular weight is 511 g/mol. The van der Waals surface area contributed by atoms with Crippen molar-refractivity contribution < 1.29 is 14.8 Å². The van der Waals surface area contributed by atoms with Gasteiger partial charge in [-0.2, -0.15) is 0 Å². The number of anilines is 1. The standard InChI is InChI=1S/C19H17AsCl2N4O4/c21-10-3-4-11(13(22)8-10)12-9-24-14(17(12)19(27)28)2-1-7-20-16-6-5-15(26(29)30)18(23)25-16/h3-6,8-9,20,24H,1-2,7H2,(H2,23,25)(H,27,28). The molecule has 4 N–H and O–H groups in total. The number of carboxylic acids is 1. The fourth-order valence-corrected chi connectivity index (χ4v) is 5.66. The van der Waals surface area contributed by atoms with Gasteiger partial charge in [-0.25, -0.2) is 0 Å². The molecule has 2 heterocycles. The van der Waals surface area contributed by atoms with Crippen molar-refractivity contribution in [3.63, 3.8) is 0 Å². The number of nitro groups is 1. The van der Waals surface area contributed by atoms with Gasteiger partial charge in [0, 0.05) is 0 Å². The summed E-state index contributed by atoms with van der Waals surface area (Å²) in [7, 11) is 0. The second-order valence-corrected chi connectivity index (χ2v) is 10.1. The van der Waals surface area contributed by atoms with E-state index in [2.05, 4.69) is 9.97 Å². The van der Waals surface area contributed by atoms with Gasteiger partial charge < -0.3 is 0 Å². The number of nitrogens with one attached hydrogen (secondary N) is 1. The summed E-state index contributed by atoms with van der Waals surface area (Å²) in [5.74, 6) is -1.11. The van der Waals surface area contributed by atoms with Crippen LogP contribution in [0.1, 0.15) is 22.5 Å². The molecule has 0 fully saturated rings. The summed E-state index contributed by atoms with van der Waals surface area (Å²) in [4.78, 5) is 29.3. The molecule has 156 valence electrons. The normalized spacial score (nSPS) is 11.3. The Hall–Kier alpha value is -2.54. The first kappa shape index (κ1) is 22.2. The molecule has 1 aromatic carbocycles. The minimum absolute atomic E-state index is 0.0803. The van der Waals surface area contributed by atoms with Gasteiger partial charge >= 0.3 is 189 Å². The molecule has 0 spiro atoms. The first-order valence-electron chi connectivity index (χ1n) is 8.81. The maximum absolute atomic E-state index is 11.9. The van der Waals surface area contributed by atoms with Gasteiger partial charge in [0.2, 0.25) is 0 Å². The molecule has 30 heavy (non-hydrogen) atoms. The zero-order valence-electron chi connectivity index (χ0n) is 15.5. The Morgan fingerprint density at radius 2 is 2.03 bits per heavy atom. The number of rotatable bonds is 8. The van der Waals surface area contributed by atoms with Crippen molar-refractivity contribution in [3.05, 3.63) is 67.9 Å². The molecule has 1 unspecified atom stereocenters. The van der Waals surface area contributed by atoms with Gasteiger partial charge in [-0.1, -0.05) is 0 Å². The molecular weight excluding hydrogens is 494 g/mol. The zero-order chi connectivity index (χ0) is 21.8. The Labute approximate surface area is 188 Å². The first-order chi connectivity index (χ1) is 14.3. The van der Waals surface area contributed by atoms with E-state index in [9.17, 15) is 20.0 Å². The van der Waals surface area contributed by atoms with Gasteiger partial charge in [0.1, 0.15) is 0 Å². The van der Waals surface area contributed by atoms with Gasteiger partial charge in [0.25, 0.3) is 0 Å². The molecule has 2 aromatic heterocycles. The van der Waals surface area contributed by atoms with Crippen LogP contribution in [0.2, 0.25) is 15.3 Å². The van der Waals surface area contributed by atoms with Gasteiger partial charge in [0.15, 0.2) is 0 Å². The number of carbonyl (C=O) groups is 1. The molecule has 1 atom stereocenters. The topological polar surface area (TPSA) is 135 Å². The maximum atomic E-state index is 11.9. The van der Waals surface area contributed by atoms with Crippen LogP contribution in [0.15, 0.2) is 36.5 Å². The number of benzene rings is 1. The van der Waals surface area contributed by atoms with E-state index in [1.165, 1.54) is 6.07 Å². The number of aryl methyl sites for hydroxylation is 1. The molecule has 0 bridgehead atoms. The number of halogens is 2. The van der Waals surface area contributed by atoms with Gasteiger partial charge in [-0.05, 0) is 0 Å². The Balaban J connectivity index is 1.69. The van der Waals surface area contributed by atoms with Crippen molar-refractivity contribution in [1.82, 2.24) is 9.97 Å². The SMILES string of the molecule is Nc1nc([AsH]CCCc2[nH]cc(-c3ccc(Cl)cc3Cl)c2C(=O)O)ccc1[N+](=O)[O-]. The summed E-state index contributed by atoms with van der Waals surface area (Å²) < 4.78 is 0.775. The molecule has 11 heteroatoms. The van der Waals surface area contributed by atoms with E-state index in [1.807, 2.05) is 0 Å². The summed E-state index contributed by atoms with van der Waals surface area (Å²) >= 11 is 11.5. The molecule has 0 amide bonds. The molecule has 0 saturated carbocycles. The monoisotopic (exact) mass is 510 g/mol. The van der Waals surface area contributed by atoms with Crippen molar-refractivity contribution in [1.29, 1.82) is 0 Å². The fourth-order valence-electron chi connectivity index (χ4n) is 3.03. The number of aromatic carboxylic acids is 1. The van der Waals surface area contributed by atoms with E-state index in [4.69, 9.17) is 28.9 Å². The van der Waals surface area contributed by atoms with Crippen molar-refractivity contribution in [2.45, 2.75) is 18.1 Å². The minimum atomic E-state index is -1.03. The predicted molar refractivity (Wildman–Crippen MR) is 118 cm³/mol. The van der Waals surface area contributed by atoms with E-state index in [0.29, 0.717) is 33.3 Å². The first-order valence-corrected chi connectivity index (χ1v) is 12.1. The van der Waals surface area contributed by atoms with Crippen LogP contribution in [0.5, 0.6) is 0 Å². The third-order valence-electron chi connectivity index (χ3n) is 4.41. The second-order valence-electron chi connectivity index (χ2n) is 6.37. The van der Waals surface area contributed by atoms with Crippen molar-refractivity contribution in [3.8, 4) is 11.1 Å². The van der Waals surface area contributed by atoms with Crippen LogP contribution in [-0.4, -0.2) is 41.7 Å². The number of aromatic amines is 1. The van der Waals surface area contributed by atoms with Crippen LogP contribution < -0.4 is 10.2 Å². The van der Waals surface area contributed by atoms with Crippen molar-refractivity contribution in [2.75, 3.05) is 5.73 Å². The molecule has 0 aliphatic heterocycles. The quantitative estimate of drug-likeness (QED) is 0.183. The molecule has 0 aliphatic rings. The Morgan fingerprint density at radius 1 is 1.27 bits per heavy atom. The summed E-state index contributed by atoms with van der Waals surface area (Å²) in [5.41, 5.74) is 7.35. The number of hydrogen-bond donors (Lipinski definition) is 3. The van der Waals surface area contributed by atoms with E-state index < -0.39 is 26.6 Å². The Bertz CT molecular complexity index is 1120. The summed E-state index contributed by atoms with van der Waals surface area (Å²) in [6.45, 7) is 0. The van der Waals surface area contributed by atoms with Crippen LogP contribution in [-0.2, 0) is 6.42 Å². The number of nitrogen functional groups attached to an aromatic ring is 1. The number of nitrogens with zero attached hydrogens (tertiary/aromatic N) is 2. The van der Waals surface area contributed by atoms with E-state index >= 15 is 0 Å². The number of H-pyrrole nitrogens is 1. The van der Waals surface area contributed by atoms with Crippen LogP contribution in [0.25, 0.3) is 11.1 Å². The molecule has 3 rings (SSSR count). The number of aromatic nitrogens is 2. The van der Waals surface area contributed by atoms with E-state index in [-0.39, 0.29) is 17.1 Å². The molecule has 0 saturated heterocycles. The van der Waals surface area contributed by atoms with E-state index in [1.54, 1.807) is 30.5 Å². The average Bonchev–Trinajstić information content (AvgIpc) is 3.09. The Morgan fingerprint density at radius 3 is 2.67 bits per heavy atom. The number of nitrogens with two attached hydrogens (primary N) is 1. The Kier molecular flexibility index (Phi) is 7.02. The van der Waals surface area contributed by atoms with Gasteiger partial charge in [-0.3, -0.25) is 0 Å². The summed E-state index contributed by atoms with van der Waals surface area (Å²) in [6.07, 6.45) is 2.93. The fraction of sp³-hybridized carbons (Fsp3) is 0.158. The molecule has 8 nitrogen and oxygen atoms in total. The molecule has 0 radical (unpaired) electrons. The molecule has 0 aliphatic carbocycles. The van der Waals surface area contributed by atoms with Crippen LogP contribution >= 0.6 is 23.2 Å². The molecular formula is C19H17AsCl2N4O4. The van der Waals surface area contributed by atoms with Crippen LogP contribution in [0.4, 0.5) is 11.5 Å². The van der Waals surface area contributed by atoms with Gasteiger partial charge in [0.05, 0.1) is 0 Å².